The number of rotatable bonds is 1. The molecular formula is C9H14N4O. The molecule has 0 unspecified atom stereocenters. The first-order chi connectivity index (χ1) is 6.74. The third-order valence-corrected chi connectivity index (χ3v) is 2.64. The second-order valence-electron chi connectivity index (χ2n) is 3.44. The standard InChI is InChI=1S/C9H14N4O/c1-10-7-4-6-13-8(3-5-11-13)12(2)9(7)14/h3,5,7,10H,4,6H2,1-2H3/t7-/m0/s1. The highest BCUT2D eigenvalue weighted by atomic mass is 16.2. The molecule has 5 nitrogen and oxygen atoms in total. The van der Waals surface area contributed by atoms with Crippen molar-refractivity contribution in [3.8, 4) is 0 Å². The van der Waals surface area contributed by atoms with Crippen LogP contribution < -0.4 is 10.2 Å². The summed E-state index contributed by atoms with van der Waals surface area (Å²) >= 11 is 0. The predicted molar refractivity (Wildman–Crippen MR) is 53.1 cm³/mol. The molecule has 0 fully saturated rings. The van der Waals surface area contributed by atoms with Gasteiger partial charge in [0.15, 0.2) is 0 Å². The van der Waals surface area contributed by atoms with Crippen molar-refractivity contribution >= 4 is 11.7 Å². The van der Waals surface area contributed by atoms with Crippen molar-refractivity contribution in [1.82, 2.24) is 15.1 Å². The number of aryl methyl sites for hydroxylation is 1. The number of likely N-dealkylation sites (N-methyl/N-ethyl adjacent to an activating group) is 2. The SMILES string of the molecule is CN[C@H]1CCn2nccc2N(C)C1=O. The zero-order valence-electron chi connectivity index (χ0n) is 8.40. The van der Waals surface area contributed by atoms with Gasteiger partial charge in [-0.2, -0.15) is 5.10 Å². The van der Waals surface area contributed by atoms with E-state index in [-0.39, 0.29) is 11.9 Å². The van der Waals surface area contributed by atoms with Crippen molar-refractivity contribution in [2.75, 3.05) is 19.0 Å². The number of carbonyl (C=O) groups is 1. The van der Waals surface area contributed by atoms with E-state index in [1.54, 1.807) is 18.1 Å². The molecule has 0 spiro atoms. The first kappa shape index (κ1) is 9.21. The van der Waals surface area contributed by atoms with Crippen LogP contribution in [0.1, 0.15) is 6.42 Å². The van der Waals surface area contributed by atoms with Gasteiger partial charge in [-0.25, -0.2) is 4.68 Å². The fourth-order valence-corrected chi connectivity index (χ4v) is 1.77. The zero-order valence-corrected chi connectivity index (χ0v) is 8.40. The molecule has 1 aromatic heterocycles. The van der Waals surface area contributed by atoms with Gasteiger partial charge in [-0.3, -0.25) is 9.69 Å². The number of hydrogen-bond acceptors (Lipinski definition) is 3. The fraction of sp³-hybridized carbons (Fsp3) is 0.556. The maximum Gasteiger partial charge on any atom is 0.245 e. The Bertz CT molecular complexity index is 346. The number of anilines is 1. The van der Waals surface area contributed by atoms with E-state index in [2.05, 4.69) is 10.4 Å². The quantitative estimate of drug-likeness (QED) is 0.675. The second-order valence-corrected chi connectivity index (χ2v) is 3.44. The van der Waals surface area contributed by atoms with Gasteiger partial charge in [0, 0.05) is 19.7 Å². The number of fused-ring (bicyclic) bond motifs is 1. The van der Waals surface area contributed by atoms with Crippen LogP contribution in [0.15, 0.2) is 12.3 Å². The van der Waals surface area contributed by atoms with Crippen LogP contribution >= 0.6 is 0 Å². The van der Waals surface area contributed by atoms with E-state index in [0.29, 0.717) is 0 Å². The molecule has 1 atom stereocenters. The van der Waals surface area contributed by atoms with Crippen LogP contribution in [0.25, 0.3) is 0 Å². The lowest BCUT2D eigenvalue weighted by atomic mass is 10.2. The van der Waals surface area contributed by atoms with Gasteiger partial charge in [0.25, 0.3) is 0 Å². The lowest BCUT2D eigenvalue weighted by molar-refractivity contribution is -0.120. The topological polar surface area (TPSA) is 50.2 Å². The smallest absolute Gasteiger partial charge is 0.245 e. The number of nitrogens with one attached hydrogen (secondary N) is 1. The van der Waals surface area contributed by atoms with Crippen LogP contribution in [-0.4, -0.2) is 35.8 Å². The van der Waals surface area contributed by atoms with Crippen molar-refractivity contribution in [1.29, 1.82) is 0 Å². The molecule has 76 valence electrons. The van der Waals surface area contributed by atoms with E-state index < -0.39 is 0 Å². The second kappa shape index (κ2) is 3.42. The normalized spacial score (nSPS) is 22.0. The number of hydrogen-bond donors (Lipinski definition) is 1. The summed E-state index contributed by atoms with van der Waals surface area (Å²) in [5, 5.41) is 7.18. The molecule has 1 aliphatic rings. The van der Waals surface area contributed by atoms with Crippen molar-refractivity contribution in [2.24, 2.45) is 0 Å². The monoisotopic (exact) mass is 194 g/mol. The minimum absolute atomic E-state index is 0.0956. The van der Waals surface area contributed by atoms with Crippen LogP contribution in [0.2, 0.25) is 0 Å². The van der Waals surface area contributed by atoms with Crippen molar-refractivity contribution in [3.63, 3.8) is 0 Å². The molecule has 1 aromatic rings. The maximum absolute atomic E-state index is 11.9. The highest BCUT2D eigenvalue weighted by Crippen LogP contribution is 2.18. The minimum Gasteiger partial charge on any atom is -0.309 e. The van der Waals surface area contributed by atoms with E-state index in [1.165, 1.54) is 0 Å². The van der Waals surface area contributed by atoms with Gasteiger partial charge in [0.05, 0.1) is 12.2 Å². The molecule has 1 N–H and O–H groups in total. The molecule has 14 heavy (non-hydrogen) atoms. The van der Waals surface area contributed by atoms with Gasteiger partial charge in [0.2, 0.25) is 5.91 Å². The maximum atomic E-state index is 11.9. The Morgan fingerprint density at radius 3 is 3.14 bits per heavy atom. The van der Waals surface area contributed by atoms with Crippen LogP contribution in [-0.2, 0) is 11.3 Å². The molecular weight excluding hydrogens is 180 g/mol. The average Bonchev–Trinajstić information content (AvgIpc) is 2.61. The van der Waals surface area contributed by atoms with E-state index >= 15 is 0 Å². The number of nitrogens with zero attached hydrogens (tertiary/aromatic N) is 3. The van der Waals surface area contributed by atoms with Crippen LogP contribution in [0.5, 0.6) is 0 Å². The third kappa shape index (κ3) is 1.29. The Morgan fingerprint density at radius 2 is 2.43 bits per heavy atom. The predicted octanol–water partition coefficient (Wildman–Crippen LogP) is -0.162. The Hall–Kier alpha value is -1.36. The molecule has 0 bridgehead atoms. The summed E-state index contributed by atoms with van der Waals surface area (Å²) < 4.78 is 1.86. The Balaban J connectivity index is 2.33. The Labute approximate surface area is 82.7 Å². The van der Waals surface area contributed by atoms with Gasteiger partial charge in [-0.1, -0.05) is 0 Å². The molecule has 0 radical (unpaired) electrons. The lowest BCUT2D eigenvalue weighted by Crippen LogP contribution is -2.42. The Morgan fingerprint density at radius 1 is 1.64 bits per heavy atom. The van der Waals surface area contributed by atoms with Crippen molar-refractivity contribution in [2.45, 2.75) is 19.0 Å². The molecule has 1 aliphatic heterocycles. The molecule has 2 heterocycles. The molecule has 5 heteroatoms. The molecule has 0 aliphatic carbocycles. The summed E-state index contributed by atoms with van der Waals surface area (Å²) in [4.78, 5) is 13.5. The van der Waals surface area contributed by atoms with E-state index in [9.17, 15) is 4.79 Å². The summed E-state index contributed by atoms with van der Waals surface area (Å²) in [6, 6.07) is 1.76. The third-order valence-electron chi connectivity index (χ3n) is 2.64. The van der Waals surface area contributed by atoms with Crippen LogP contribution in [0, 0.1) is 0 Å². The van der Waals surface area contributed by atoms with Crippen molar-refractivity contribution < 1.29 is 4.79 Å². The first-order valence-corrected chi connectivity index (χ1v) is 4.70. The summed E-state index contributed by atoms with van der Waals surface area (Å²) in [5.41, 5.74) is 0. The molecule has 0 aromatic carbocycles. The van der Waals surface area contributed by atoms with Gasteiger partial charge in [-0.15, -0.1) is 0 Å². The fourth-order valence-electron chi connectivity index (χ4n) is 1.77. The first-order valence-electron chi connectivity index (χ1n) is 4.70. The van der Waals surface area contributed by atoms with Gasteiger partial charge in [-0.05, 0) is 13.5 Å². The summed E-state index contributed by atoms with van der Waals surface area (Å²) in [5.74, 6) is 0.972. The minimum atomic E-state index is -0.0956. The number of carbonyl (C=O) groups excluding carboxylic acids is 1. The highest BCUT2D eigenvalue weighted by Gasteiger charge is 2.26. The molecule has 2 rings (SSSR count). The average molecular weight is 194 g/mol. The summed E-state index contributed by atoms with van der Waals surface area (Å²) in [6.45, 7) is 0.782. The van der Waals surface area contributed by atoms with E-state index in [4.69, 9.17) is 0 Å². The largest absolute Gasteiger partial charge is 0.309 e. The summed E-state index contributed by atoms with van der Waals surface area (Å²) in [6.07, 6.45) is 2.51. The van der Waals surface area contributed by atoms with Gasteiger partial charge >= 0.3 is 0 Å². The van der Waals surface area contributed by atoms with Gasteiger partial charge < -0.3 is 5.32 Å². The van der Waals surface area contributed by atoms with E-state index in [1.807, 2.05) is 17.8 Å². The van der Waals surface area contributed by atoms with E-state index in [0.717, 1.165) is 18.8 Å². The molecule has 0 saturated heterocycles. The van der Waals surface area contributed by atoms with Crippen molar-refractivity contribution in [3.05, 3.63) is 12.3 Å². The lowest BCUT2D eigenvalue weighted by Gasteiger charge is -2.18. The number of aromatic nitrogens is 2. The molecule has 0 saturated carbocycles. The highest BCUT2D eigenvalue weighted by molar-refractivity contribution is 5.96. The van der Waals surface area contributed by atoms with Crippen LogP contribution in [0.3, 0.4) is 0 Å². The van der Waals surface area contributed by atoms with Gasteiger partial charge in [0.1, 0.15) is 5.82 Å². The number of amides is 1. The summed E-state index contributed by atoms with van der Waals surface area (Å²) in [7, 11) is 3.59. The Kier molecular flexibility index (Phi) is 2.25. The van der Waals surface area contributed by atoms with Crippen LogP contribution in [0.4, 0.5) is 5.82 Å². The molecule has 1 amide bonds. The zero-order chi connectivity index (χ0) is 10.1.